The summed E-state index contributed by atoms with van der Waals surface area (Å²) in [6, 6.07) is 0. The summed E-state index contributed by atoms with van der Waals surface area (Å²) >= 11 is 7.22. The van der Waals surface area contributed by atoms with Crippen molar-refractivity contribution >= 4 is 37.9 Å². The van der Waals surface area contributed by atoms with Crippen molar-refractivity contribution in [1.29, 1.82) is 0 Å². The lowest BCUT2D eigenvalue weighted by molar-refractivity contribution is 0.0799. The molecule has 0 aliphatic carbocycles. The summed E-state index contributed by atoms with van der Waals surface area (Å²) in [6.07, 6.45) is 1.42. The predicted octanol–water partition coefficient (Wildman–Crippen LogP) is 1.75. The lowest BCUT2D eigenvalue weighted by atomic mass is 10.4. The Balaban J connectivity index is 2.24. The van der Waals surface area contributed by atoms with Gasteiger partial charge in [0, 0.05) is 24.7 Å². The molecule has 9 heteroatoms. The Hall–Kier alpha value is -0.670. The Labute approximate surface area is 120 Å². The van der Waals surface area contributed by atoms with Crippen molar-refractivity contribution in [3.05, 3.63) is 16.7 Å². The van der Waals surface area contributed by atoms with E-state index in [-0.39, 0.29) is 22.8 Å². The number of nitrogens with one attached hydrogen (secondary N) is 1. The van der Waals surface area contributed by atoms with Crippen LogP contribution in [0.3, 0.4) is 0 Å². The first-order valence-electron chi connectivity index (χ1n) is 5.68. The largest absolute Gasteiger partial charge is 0.377 e. The Morgan fingerprint density at radius 1 is 1.63 bits per heavy atom. The van der Waals surface area contributed by atoms with Crippen LogP contribution in [0.2, 0.25) is 5.15 Å². The standard InChI is InChI=1S/C10H14ClN3O3S2/c1-3-17-7(2)6-12-19(15,16)9-8(11)13-10-14(9)4-5-18-10/h4-5,7,12H,3,6H2,1-2H3. The fraction of sp³-hybridized carbons (Fsp3) is 0.500. The second kappa shape index (κ2) is 5.76. The van der Waals surface area contributed by atoms with E-state index in [1.807, 2.05) is 6.92 Å². The molecule has 2 aromatic heterocycles. The maximum absolute atomic E-state index is 12.2. The van der Waals surface area contributed by atoms with Crippen LogP contribution < -0.4 is 4.72 Å². The predicted molar refractivity (Wildman–Crippen MR) is 74.4 cm³/mol. The van der Waals surface area contributed by atoms with E-state index < -0.39 is 10.0 Å². The van der Waals surface area contributed by atoms with Gasteiger partial charge in [0.15, 0.2) is 15.1 Å². The smallest absolute Gasteiger partial charge is 0.259 e. The van der Waals surface area contributed by atoms with Crippen LogP contribution in [0.5, 0.6) is 0 Å². The summed E-state index contributed by atoms with van der Waals surface area (Å²) in [4.78, 5) is 4.54. The minimum Gasteiger partial charge on any atom is -0.377 e. The number of hydrogen-bond acceptors (Lipinski definition) is 5. The fourth-order valence-electron chi connectivity index (χ4n) is 1.62. The molecule has 0 aliphatic heterocycles. The van der Waals surface area contributed by atoms with Crippen LogP contribution in [0.1, 0.15) is 13.8 Å². The van der Waals surface area contributed by atoms with Gasteiger partial charge in [-0.25, -0.2) is 18.1 Å². The molecule has 0 aliphatic rings. The molecule has 0 bridgehead atoms. The Bertz CT molecular complexity index is 665. The van der Waals surface area contributed by atoms with Crippen molar-refractivity contribution < 1.29 is 13.2 Å². The number of nitrogens with zero attached hydrogens (tertiary/aromatic N) is 2. The monoisotopic (exact) mass is 323 g/mol. The van der Waals surface area contributed by atoms with Gasteiger partial charge < -0.3 is 4.74 Å². The van der Waals surface area contributed by atoms with Gasteiger partial charge in [-0.3, -0.25) is 4.40 Å². The highest BCUT2D eigenvalue weighted by Gasteiger charge is 2.25. The summed E-state index contributed by atoms with van der Waals surface area (Å²) in [6.45, 7) is 4.37. The van der Waals surface area contributed by atoms with E-state index in [9.17, 15) is 8.42 Å². The summed E-state index contributed by atoms with van der Waals surface area (Å²) in [5.41, 5.74) is 0. The number of rotatable bonds is 6. The maximum atomic E-state index is 12.2. The first-order chi connectivity index (χ1) is 8.95. The van der Waals surface area contributed by atoms with Gasteiger partial charge in [0.2, 0.25) is 0 Å². The molecule has 19 heavy (non-hydrogen) atoms. The second-order valence-electron chi connectivity index (χ2n) is 3.88. The van der Waals surface area contributed by atoms with Gasteiger partial charge in [0.1, 0.15) is 0 Å². The molecule has 0 fully saturated rings. The van der Waals surface area contributed by atoms with Crippen molar-refractivity contribution in [2.24, 2.45) is 0 Å². The van der Waals surface area contributed by atoms with Gasteiger partial charge in [0.25, 0.3) is 10.0 Å². The minimum absolute atomic E-state index is 0.0246. The van der Waals surface area contributed by atoms with Crippen molar-refractivity contribution in [2.45, 2.75) is 25.0 Å². The SMILES string of the molecule is CCOC(C)CNS(=O)(=O)c1c(Cl)nc2sccn12. The third-order valence-corrected chi connectivity index (χ3v) is 5.02. The molecule has 0 saturated heterocycles. The zero-order chi connectivity index (χ0) is 14.0. The van der Waals surface area contributed by atoms with Crippen LogP contribution in [0.4, 0.5) is 0 Å². The first-order valence-corrected chi connectivity index (χ1v) is 8.42. The third kappa shape index (κ3) is 3.09. The Kier molecular flexibility index (Phi) is 4.46. The van der Waals surface area contributed by atoms with Crippen LogP contribution in [-0.4, -0.2) is 37.1 Å². The quantitative estimate of drug-likeness (QED) is 0.879. The molecule has 0 aromatic carbocycles. The zero-order valence-corrected chi connectivity index (χ0v) is 12.8. The average Bonchev–Trinajstić information content (AvgIpc) is 2.86. The molecular weight excluding hydrogens is 310 g/mol. The molecule has 1 atom stereocenters. The van der Waals surface area contributed by atoms with E-state index in [1.54, 1.807) is 18.5 Å². The molecule has 0 amide bonds. The van der Waals surface area contributed by atoms with Crippen LogP contribution in [0.15, 0.2) is 16.6 Å². The molecular formula is C10H14ClN3O3S2. The molecule has 2 aromatic rings. The topological polar surface area (TPSA) is 72.7 Å². The van der Waals surface area contributed by atoms with E-state index in [1.165, 1.54) is 15.7 Å². The van der Waals surface area contributed by atoms with Crippen molar-refractivity contribution in [3.8, 4) is 0 Å². The molecule has 6 nitrogen and oxygen atoms in total. The molecule has 106 valence electrons. The van der Waals surface area contributed by atoms with Gasteiger partial charge in [0.05, 0.1) is 6.10 Å². The molecule has 1 unspecified atom stereocenters. The Morgan fingerprint density at radius 2 is 2.37 bits per heavy atom. The van der Waals surface area contributed by atoms with E-state index in [0.717, 1.165) is 0 Å². The van der Waals surface area contributed by atoms with Crippen LogP contribution in [-0.2, 0) is 14.8 Å². The highest BCUT2D eigenvalue weighted by molar-refractivity contribution is 7.89. The summed E-state index contributed by atoms with van der Waals surface area (Å²) in [5, 5.41) is 1.69. The molecule has 0 spiro atoms. The van der Waals surface area contributed by atoms with E-state index in [0.29, 0.717) is 11.6 Å². The lowest BCUT2D eigenvalue weighted by Crippen LogP contribution is -2.32. The van der Waals surface area contributed by atoms with Crippen LogP contribution in [0, 0.1) is 0 Å². The second-order valence-corrected chi connectivity index (χ2v) is 6.79. The van der Waals surface area contributed by atoms with Crippen molar-refractivity contribution in [1.82, 2.24) is 14.1 Å². The number of hydrogen-bond donors (Lipinski definition) is 1. The summed E-state index contributed by atoms with van der Waals surface area (Å²) in [7, 11) is -3.71. The van der Waals surface area contributed by atoms with E-state index in [4.69, 9.17) is 16.3 Å². The van der Waals surface area contributed by atoms with E-state index in [2.05, 4.69) is 9.71 Å². The zero-order valence-electron chi connectivity index (χ0n) is 10.5. The van der Waals surface area contributed by atoms with Gasteiger partial charge in [-0.2, -0.15) is 0 Å². The van der Waals surface area contributed by atoms with Crippen molar-refractivity contribution in [3.63, 3.8) is 0 Å². The highest BCUT2D eigenvalue weighted by Crippen LogP contribution is 2.25. The number of aromatic nitrogens is 2. The number of ether oxygens (including phenoxy) is 1. The maximum Gasteiger partial charge on any atom is 0.259 e. The number of imidazole rings is 1. The average molecular weight is 324 g/mol. The Morgan fingerprint density at radius 3 is 3.05 bits per heavy atom. The number of thiazole rings is 1. The van der Waals surface area contributed by atoms with E-state index >= 15 is 0 Å². The molecule has 0 radical (unpaired) electrons. The normalized spacial score (nSPS) is 14.1. The fourth-order valence-corrected chi connectivity index (χ4v) is 4.18. The third-order valence-electron chi connectivity index (χ3n) is 2.45. The van der Waals surface area contributed by atoms with Gasteiger partial charge in [-0.15, -0.1) is 11.3 Å². The molecule has 1 N–H and O–H groups in total. The number of fused-ring (bicyclic) bond motifs is 1. The van der Waals surface area contributed by atoms with Crippen LogP contribution >= 0.6 is 22.9 Å². The summed E-state index contributed by atoms with van der Waals surface area (Å²) < 4.78 is 33.7. The molecule has 0 saturated carbocycles. The number of halogens is 1. The van der Waals surface area contributed by atoms with Crippen LogP contribution in [0.25, 0.3) is 4.96 Å². The molecule has 2 rings (SSSR count). The van der Waals surface area contributed by atoms with Crippen molar-refractivity contribution in [2.75, 3.05) is 13.2 Å². The van der Waals surface area contributed by atoms with Gasteiger partial charge >= 0.3 is 0 Å². The summed E-state index contributed by atoms with van der Waals surface area (Å²) in [5.74, 6) is 0. The minimum atomic E-state index is -3.71. The van der Waals surface area contributed by atoms with Gasteiger partial charge in [-0.1, -0.05) is 11.6 Å². The number of sulfonamides is 1. The first kappa shape index (κ1) is 14.7. The highest BCUT2D eigenvalue weighted by atomic mass is 35.5. The molecule has 2 heterocycles. The van der Waals surface area contributed by atoms with Gasteiger partial charge in [-0.05, 0) is 13.8 Å². The lowest BCUT2D eigenvalue weighted by Gasteiger charge is -2.12.